The topological polar surface area (TPSA) is 6.48 Å². The van der Waals surface area contributed by atoms with Crippen molar-refractivity contribution in [3.63, 3.8) is 0 Å². The molecule has 0 saturated heterocycles. The van der Waals surface area contributed by atoms with Crippen molar-refractivity contribution >= 4 is 52.7 Å². The summed E-state index contributed by atoms with van der Waals surface area (Å²) < 4.78 is 3.17. The summed E-state index contributed by atoms with van der Waals surface area (Å²) in [7, 11) is 8.43. The van der Waals surface area contributed by atoms with Crippen LogP contribution in [-0.4, -0.2) is 62.3 Å². The van der Waals surface area contributed by atoms with Gasteiger partial charge >= 0.3 is 139 Å². The minimum absolute atomic E-state index is 0.0336. The third-order valence-corrected chi connectivity index (χ3v) is 14.7. The molecule has 0 radical (unpaired) electrons. The fourth-order valence-electron chi connectivity index (χ4n) is 1.72. The van der Waals surface area contributed by atoms with Crippen LogP contribution in [0.15, 0.2) is 48.5 Å². The molecule has 106 valence electrons. The van der Waals surface area contributed by atoms with Crippen molar-refractivity contribution in [2.75, 3.05) is 38.0 Å². The van der Waals surface area contributed by atoms with E-state index in [-0.39, 0.29) is 34.1 Å². The zero-order chi connectivity index (χ0) is 14.5. The Balaban J connectivity index is 2.05. The summed E-state index contributed by atoms with van der Waals surface area (Å²) in [6, 6.07) is 18.1. The molecule has 0 saturated carbocycles. The van der Waals surface area contributed by atoms with Gasteiger partial charge in [-0.05, 0) is 0 Å². The fourth-order valence-corrected chi connectivity index (χ4v) is 11.7. The standard InChI is InChI=1S/C16H20N2Te2/c1-17(2)13-7-5-9-15(11-13)19-20-16-10-6-8-14(12-16)18(3)4/h5-12H,1-4H3. The van der Waals surface area contributed by atoms with Gasteiger partial charge in [-0.15, -0.1) is 0 Å². The maximum absolute atomic E-state index is 2.36. The Labute approximate surface area is 138 Å². The second-order valence-corrected chi connectivity index (χ2v) is 15.0. The number of hydrogen-bond donors (Lipinski definition) is 0. The van der Waals surface area contributed by atoms with Crippen LogP contribution in [0.4, 0.5) is 11.4 Å². The van der Waals surface area contributed by atoms with Gasteiger partial charge in [-0.1, -0.05) is 0 Å². The van der Waals surface area contributed by atoms with Gasteiger partial charge in [-0.3, -0.25) is 0 Å². The second kappa shape index (κ2) is 7.58. The number of nitrogens with zero attached hydrogens (tertiary/aromatic N) is 2. The molecule has 0 N–H and O–H groups in total. The Kier molecular flexibility index (Phi) is 6.06. The molecule has 0 unspecified atom stereocenters. The van der Waals surface area contributed by atoms with E-state index in [0.29, 0.717) is 0 Å². The average Bonchev–Trinajstić information content (AvgIpc) is 2.45. The van der Waals surface area contributed by atoms with Crippen LogP contribution in [0.5, 0.6) is 0 Å². The summed E-state index contributed by atoms with van der Waals surface area (Å²) in [6.45, 7) is 0. The molecule has 20 heavy (non-hydrogen) atoms. The van der Waals surface area contributed by atoms with Gasteiger partial charge in [0.2, 0.25) is 0 Å². The number of benzene rings is 2. The van der Waals surface area contributed by atoms with Crippen molar-refractivity contribution in [3.05, 3.63) is 48.5 Å². The molecule has 4 heteroatoms. The molecule has 0 atom stereocenters. The quantitative estimate of drug-likeness (QED) is 0.574. The molecule has 0 amide bonds. The molecule has 0 aliphatic heterocycles. The SMILES string of the molecule is CN(C)c1cccc([Te][Te]c2cccc(N(C)C)c2)c1. The minimum atomic E-state index is -0.0336. The van der Waals surface area contributed by atoms with Gasteiger partial charge in [0.05, 0.1) is 0 Å². The van der Waals surface area contributed by atoms with Crippen LogP contribution in [0.25, 0.3) is 0 Å². The molecule has 0 spiro atoms. The monoisotopic (exact) mass is 500 g/mol. The van der Waals surface area contributed by atoms with Gasteiger partial charge < -0.3 is 0 Å². The van der Waals surface area contributed by atoms with Gasteiger partial charge in [-0.25, -0.2) is 0 Å². The summed E-state index contributed by atoms with van der Waals surface area (Å²) in [5.74, 6) is 0. The predicted octanol–water partition coefficient (Wildman–Crippen LogP) is 1.09. The summed E-state index contributed by atoms with van der Waals surface area (Å²) >= 11 is -0.0673. The van der Waals surface area contributed by atoms with Crippen LogP contribution in [-0.2, 0) is 0 Å². The molecule has 0 aliphatic carbocycles. The van der Waals surface area contributed by atoms with E-state index < -0.39 is 0 Å². The molecule has 0 heterocycles. The van der Waals surface area contributed by atoms with Gasteiger partial charge in [0.15, 0.2) is 0 Å². The van der Waals surface area contributed by atoms with Crippen LogP contribution >= 0.6 is 0 Å². The van der Waals surface area contributed by atoms with Crippen molar-refractivity contribution in [3.8, 4) is 0 Å². The third-order valence-electron chi connectivity index (χ3n) is 2.90. The van der Waals surface area contributed by atoms with Gasteiger partial charge in [0, 0.05) is 0 Å². The summed E-state index contributed by atoms with van der Waals surface area (Å²) in [5.41, 5.74) is 2.64. The average molecular weight is 496 g/mol. The van der Waals surface area contributed by atoms with Crippen LogP contribution in [0.1, 0.15) is 0 Å². The number of anilines is 2. The molecule has 0 bridgehead atoms. The Morgan fingerprint density at radius 2 is 1.05 bits per heavy atom. The van der Waals surface area contributed by atoms with E-state index in [1.54, 1.807) is 7.22 Å². The molecular weight excluding hydrogens is 475 g/mol. The molecule has 2 aromatic rings. The Morgan fingerprint density at radius 1 is 0.650 bits per heavy atom. The van der Waals surface area contributed by atoms with Gasteiger partial charge in [-0.2, -0.15) is 0 Å². The molecule has 2 rings (SSSR count). The van der Waals surface area contributed by atoms with Crippen LogP contribution in [0.2, 0.25) is 0 Å². The van der Waals surface area contributed by atoms with Gasteiger partial charge in [0.25, 0.3) is 0 Å². The molecule has 0 aliphatic rings. The number of rotatable bonds is 5. The van der Waals surface area contributed by atoms with E-state index in [0.717, 1.165) is 0 Å². The fraction of sp³-hybridized carbons (Fsp3) is 0.250. The van der Waals surface area contributed by atoms with E-state index in [4.69, 9.17) is 0 Å². The Bertz CT molecular complexity index is 516. The molecule has 2 aromatic carbocycles. The summed E-state index contributed by atoms with van der Waals surface area (Å²) in [4.78, 5) is 4.37. The van der Waals surface area contributed by atoms with Crippen LogP contribution in [0, 0.1) is 0 Å². The predicted molar refractivity (Wildman–Crippen MR) is 92.3 cm³/mol. The molecular formula is C16H20N2Te2. The van der Waals surface area contributed by atoms with E-state index in [2.05, 4.69) is 86.5 Å². The van der Waals surface area contributed by atoms with Gasteiger partial charge in [0.1, 0.15) is 0 Å². The first-order valence-electron chi connectivity index (χ1n) is 6.45. The van der Waals surface area contributed by atoms with E-state index in [9.17, 15) is 0 Å². The summed E-state index contributed by atoms with van der Waals surface area (Å²) in [6.07, 6.45) is 0. The van der Waals surface area contributed by atoms with E-state index in [1.165, 1.54) is 11.4 Å². The van der Waals surface area contributed by atoms with E-state index >= 15 is 0 Å². The molecule has 0 fully saturated rings. The van der Waals surface area contributed by atoms with Crippen LogP contribution < -0.4 is 17.0 Å². The molecule has 0 aromatic heterocycles. The second-order valence-electron chi connectivity index (χ2n) is 4.95. The van der Waals surface area contributed by atoms with Crippen molar-refractivity contribution in [2.24, 2.45) is 0 Å². The van der Waals surface area contributed by atoms with Crippen molar-refractivity contribution in [1.29, 1.82) is 0 Å². The number of hydrogen-bond acceptors (Lipinski definition) is 2. The first-order valence-corrected chi connectivity index (χ1v) is 16.1. The Morgan fingerprint density at radius 3 is 1.40 bits per heavy atom. The van der Waals surface area contributed by atoms with Crippen LogP contribution in [0.3, 0.4) is 0 Å². The normalized spacial score (nSPS) is 10.4. The zero-order valence-electron chi connectivity index (χ0n) is 12.3. The molecule has 2 nitrogen and oxygen atoms in total. The first-order chi connectivity index (χ1) is 9.56. The third kappa shape index (κ3) is 4.57. The van der Waals surface area contributed by atoms with Crippen molar-refractivity contribution in [2.45, 2.75) is 0 Å². The summed E-state index contributed by atoms with van der Waals surface area (Å²) in [5, 5.41) is 0. The zero-order valence-corrected chi connectivity index (χ0v) is 17.0. The van der Waals surface area contributed by atoms with Crippen molar-refractivity contribution < 1.29 is 0 Å². The van der Waals surface area contributed by atoms with Crippen molar-refractivity contribution in [1.82, 2.24) is 0 Å². The van der Waals surface area contributed by atoms with E-state index in [1.807, 2.05) is 0 Å². The Hall–Kier alpha value is -0.381. The first kappa shape index (κ1) is 16.0. The maximum atomic E-state index is 2.36.